The minimum atomic E-state index is -0.126. The molecule has 6 rings (SSSR count). The predicted molar refractivity (Wildman–Crippen MR) is 154 cm³/mol. The molecule has 7 nitrogen and oxygen atoms in total. The third-order valence-electron chi connectivity index (χ3n) is 8.29. The first-order valence-electron chi connectivity index (χ1n) is 14.1. The number of carbonyl (C=O) groups excluding carboxylic acids is 1. The molecule has 1 amide bonds. The van der Waals surface area contributed by atoms with Crippen LogP contribution in [0, 0.1) is 0 Å². The van der Waals surface area contributed by atoms with Gasteiger partial charge in [-0.25, -0.2) is 0 Å². The highest BCUT2D eigenvalue weighted by Crippen LogP contribution is 2.34. The highest BCUT2D eigenvalue weighted by molar-refractivity contribution is 5.94. The summed E-state index contributed by atoms with van der Waals surface area (Å²) in [5.74, 6) is 0.890. The van der Waals surface area contributed by atoms with E-state index in [1.165, 1.54) is 34.9 Å². The Labute approximate surface area is 229 Å². The largest absolute Gasteiger partial charge is 0.496 e. The van der Waals surface area contributed by atoms with Crippen LogP contribution in [0.4, 0.5) is 0 Å². The highest BCUT2D eigenvalue weighted by atomic mass is 16.5. The van der Waals surface area contributed by atoms with Crippen molar-refractivity contribution >= 4 is 16.7 Å². The van der Waals surface area contributed by atoms with Gasteiger partial charge in [0.1, 0.15) is 5.75 Å². The lowest BCUT2D eigenvalue weighted by atomic mass is 9.87. The Balaban J connectivity index is 1.23. The zero-order valence-electron chi connectivity index (χ0n) is 22.7. The average Bonchev–Trinajstić information content (AvgIpc) is 3.34. The second kappa shape index (κ2) is 11.2. The number of aromatic nitrogens is 2. The Morgan fingerprint density at radius 1 is 0.974 bits per heavy atom. The fraction of sp³-hybridized carbons (Fsp3) is 0.375. The Morgan fingerprint density at radius 3 is 2.64 bits per heavy atom. The number of hydrogen-bond donors (Lipinski definition) is 2. The predicted octanol–water partition coefficient (Wildman–Crippen LogP) is 4.37. The van der Waals surface area contributed by atoms with Gasteiger partial charge in [0.05, 0.1) is 13.7 Å². The third-order valence-corrected chi connectivity index (χ3v) is 8.29. The molecule has 1 aliphatic heterocycles. The minimum absolute atomic E-state index is 0.126. The summed E-state index contributed by atoms with van der Waals surface area (Å²) in [7, 11) is 1.77. The summed E-state index contributed by atoms with van der Waals surface area (Å²) < 4.78 is 7.62. The quantitative estimate of drug-likeness (QED) is 0.358. The number of amides is 1. The van der Waals surface area contributed by atoms with Crippen LogP contribution >= 0.6 is 0 Å². The molecule has 39 heavy (non-hydrogen) atoms. The molecule has 2 heterocycles. The summed E-state index contributed by atoms with van der Waals surface area (Å²) >= 11 is 0. The minimum Gasteiger partial charge on any atom is -0.496 e. The normalized spacial score (nSPS) is 15.1. The van der Waals surface area contributed by atoms with E-state index in [4.69, 9.17) is 15.6 Å². The van der Waals surface area contributed by atoms with Crippen molar-refractivity contribution in [2.24, 2.45) is 5.73 Å². The van der Waals surface area contributed by atoms with Crippen LogP contribution in [-0.2, 0) is 45.4 Å². The molecule has 7 heteroatoms. The molecule has 0 saturated heterocycles. The summed E-state index contributed by atoms with van der Waals surface area (Å²) in [6.07, 6.45) is 5.50. The standard InChI is InChI=1S/C32H37N5O2/c1-39-30-14-13-24(26-11-4-5-12-27(26)30)20-36-17-15-29-28(21-36)31(35-37(29)18-16-33)32(38)34-19-23-9-6-8-22-7-2-3-10-25(22)23/h2-3,6-10,13-14H,4-5,11-12,15-21,33H2,1H3,(H,34,38). The van der Waals surface area contributed by atoms with Gasteiger partial charge < -0.3 is 15.8 Å². The molecule has 0 bridgehead atoms. The van der Waals surface area contributed by atoms with Crippen LogP contribution in [0.5, 0.6) is 5.75 Å². The molecule has 0 unspecified atom stereocenters. The maximum Gasteiger partial charge on any atom is 0.272 e. The number of nitrogens with one attached hydrogen (secondary N) is 1. The second-order valence-corrected chi connectivity index (χ2v) is 10.7. The van der Waals surface area contributed by atoms with E-state index in [0.717, 1.165) is 60.3 Å². The number of hydrogen-bond acceptors (Lipinski definition) is 5. The first-order valence-corrected chi connectivity index (χ1v) is 14.1. The number of fused-ring (bicyclic) bond motifs is 3. The number of methoxy groups -OCH3 is 1. The van der Waals surface area contributed by atoms with Gasteiger partial charge in [-0.2, -0.15) is 5.10 Å². The fourth-order valence-corrected chi connectivity index (χ4v) is 6.37. The smallest absolute Gasteiger partial charge is 0.272 e. The molecule has 0 radical (unpaired) electrons. The molecule has 1 aliphatic carbocycles. The van der Waals surface area contributed by atoms with Crippen LogP contribution in [0.2, 0.25) is 0 Å². The summed E-state index contributed by atoms with van der Waals surface area (Å²) in [6, 6.07) is 18.8. The highest BCUT2D eigenvalue weighted by Gasteiger charge is 2.29. The molecule has 0 atom stereocenters. The molecule has 202 valence electrons. The van der Waals surface area contributed by atoms with Gasteiger partial charge in [-0.15, -0.1) is 0 Å². The van der Waals surface area contributed by atoms with Gasteiger partial charge in [0, 0.05) is 50.4 Å². The van der Waals surface area contributed by atoms with Gasteiger partial charge in [0.2, 0.25) is 0 Å². The van der Waals surface area contributed by atoms with Crippen molar-refractivity contribution in [1.82, 2.24) is 20.0 Å². The first-order chi connectivity index (χ1) is 19.2. The number of ether oxygens (including phenoxy) is 1. The maximum absolute atomic E-state index is 13.5. The molecule has 2 aliphatic rings. The van der Waals surface area contributed by atoms with E-state index in [2.05, 4.69) is 46.6 Å². The number of nitrogens with zero attached hydrogens (tertiary/aromatic N) is 3. The third kappa shape index (κ3) is 5.04. The van der Waals surface area contributed by atoms with Crippen molar-refractivity contribution in [3.05, 3.63) is 93.8 Å². The zero-order valence-corrected chi connectivity index (χ0v) is 22.7. The molecule has 3 N–H and O–H groups in total. The second-order valence-electron chi connectivity index (χ2n) is 10.7. The Bertz CT molecular complexity index is 1500. The Morgan fingerprint density at radius 2 is 1.79 bits per heavy atom. The molecule has 3 aromatic carbocycles. The van der Waals surface area contributed by atoms with Gasteiger partial charge >= 0.3 is 0 Å². The lowest BCUT2D eigenvalue weighted by Gasteiger charge is -2.30. The number of nitrogens with two attached hydrogens (primary N) is 1. The van der Waals surface area contributed by atoms with Gasteiger partial charge in [0.25, 0.3) is 5.91 Å². The van der Waals surface area contributed by atoms with Crippen LogP contribution in [0.3, 0.4) is 0 Å². The van der Waals surface area contributed by atoms with E-state index < -0.39 is 0 Å². The van der Waals surface area contributed by atoms with Crippen LogP contribution < -0.4 is 15.8 Å². The van der Waals surface area contributed by atoms with Crippen molar-refractivity contribution in [2.75, 3.05) is 20.2 Å². The SMILES string of the molecule is COc1ccc(CN2CCc3c(c(C(=O)NCc4cccc5ccccc45)nn3CCN)C2)c2c1CCCC2. The maximum atomic E-state index is 13.5. The van der Waals surface area contributed by atoms with Crippen LogP contribution in [0.15, 0.2) is 54.6 Å². The Hall–Kier alpha value is -3.68. The van der Waals surface area contributed by atoms with Crippen molar-refractivity contribution in [3.63, 3.8) is 0 Å². The monoisotopic (exact) mass is 523 g/mol. The first kappa shape index (κ1) is 25.6. The lowest BCUT2D eigenvalue weighted by molar-refractivity contribution is 0.0943. The van der Waals surface area contributed by atoms with Gasteiger partial charge in [-0.3, -0.25) is 14.4 Å². The lowest BCUT2D eigenvalue weighted by Crippen LogP contribution is -2.33. The topological polar surface area (TPSA) is 85.4 Å². The summed E-state index contributed by atoms with van der Waals surface area (Å²) in [4.78, 5) is 16.0. The van der Waals surface area contributed by atoms with E-state index in [0.29, 0.717) is 31.9 Å². The van der Waals surface area contributed by atoms with Crippen LogP contribution in [-0.4, -0.2) is 40.8 Å². The Kier molecular flexibility index (Phi) is 7.35. The zero-order chi connectivity index (χ0) is 26.8. The molecule has 1 aromatic heterocycles. The van der Waals surface area contributed by atoms with E-state index in [9.17, 15) is 4.79 Å². The number of benzene rings is 3. The van der Waals surface area contributed by atoms with Crippen molar-refractivity contribution < 1.29 is 9.53 Å². The molecular formula is C32H37N5O2. The summed E-state index contributed by atoms with van der Waals surface area (Å²) in [5.41, 5.74) is 13.9. The molecule has 4 aromatic rings. The van der Waals surface area contributed by atoms with Gasteiger partial charge in [-0.05, 0) is 64.8 Å². The van der Waals surface area contributed by atoms with E-state index in [1.807, 2.05) is 22.9 Å². The van der Waals surface area contributed by atoms with Crippen molar-refractivity contribution in [1.29, 1.82) is 0 Å². The van der Waals surface area contributed by atoms with Crippen LogP contribution in [0.1, 0.15) is 56.8 Å². The molecule has 0 fully saturated rings. The summed E-state index contributed by atoms with van der Waals surface area (Å²) in [5, 5.41) is 10.3. The molecule has 0 spiro atoms. The number of carbonyl (C=O) groups is 1. The van der Waals surface area contributed by atoms with E-state index in [-0.39, 0.29) is 5.91 Å². The molecule has 0 saturated carbocycles. The van der Waals surface area contributed by atoms with Crippen molar-refractivity contribution in [2.45, 2.75) is 58.3 Å². The van der Waals surface area contributed by atoms with E-state index >= 15 is 0 Å². The van der Waals surface area contributed by atoms with Crippen molar-refractivity contribution in [3.8, 4) is 5.75 Å². The van der Waals surface area contributed by atoms with Crippen LogP contribution in [0.25, 0.3) is 10.8 Å². The average molecular weight is 524 g/mol. The van der Waals surface area contributed by atoms with E-state index in [1.54, 1.807) is 7.11 Å². The fourth-order valence-electron chi connectivity index (χ4n) is 6.37. The number of rotatable bonds is 8. The summed E-state index contributed by atoms with van der Waals surface area (Å²) in [6.45, 7) is 4.07. The molecular weight excluding hydrogens is 486 g/mol. The van der Waals surface area contributed by atoms with Gasteiger partial charge in [0.15, 0.2) is 5.69 Å². The van der Waals surface area contributed by atoms with Gasteiger partial charge in [-0.1, -0.05) is 48.5 Å².